The highest BCUT2D eigenvalue weighted by molar-refractivity contribution is 5.93. The molecule has 1 heterocycles. The molecule has 0 aromatic heterocycles. The number of nitrogens with zero attached hydrogens (tertiary/aromatic N) is 1. The zero-order valence-electron chi connectivity index (χ0n) is 23.7. The molecule has 2 aromatic carbocycles. The number of likely N-dealkylation sites (N-methyl/N-ethyl adjacent to an activating group) is 1. The number of hydrogen-bond donors (Lipinski definition) is 3. The van der Waals surface area contributed by atoms with E-state index in [0.29, 0.717) is 32.5 Å². The summed E-state index contributed by atoms with van der Waals surface area (Å²) in [5, 5.41) is 9.35. The molecule has 0 saturated heterocycles. The molecule has 0 radical (unpaired) electrons. The zero-order valence-corrected chi connectivity index (χ0v) is 23.7. The molecule has 3 N–H and O–H groups in total. The maximum Gasteiger partial charge on any atom is 0.243 e. The Bertz CT molecular complexity index is 1080. The Morgan fingerprint density at radius 2 is 1.69 bits per heavy atom. The van der Waals surface area contributed by atoms with E-state index in [0.717, 1.165) is 36.1 Å². The van der Waals surface area contributed by atoms with E-state index in [2.05, 4.69) is 22.9 Å². The summed E-state index contributed by atoms with van der Waals surface area (Å²) in [6.07, 6.45) is 3.09. The fraction of sp³-hybridized carbons (Fsp3) is 0.516. The van der Waals surface area contributed by atoms with E-state index in [1.165, 1.54) is 4.90 Å². The monoisotopic (exact) mass is 536 g/mol. The maximum absolute atomic E-state index is 13.7. The predicted molar refractivity (Wildman–Crippen MR) is 153 cm³/mol. The third-order valence-electron chi connectivity index (χ3n) is 7.52. The molecule has 3 rings (SSSR count). The van der Waals surface area contributed by atoms with Crippen molar-refractivity contribution in [2.75, 3.05) is 26.7 Å². The van der Waals surface area contributed by atoms with Crippen LogP contribution in [0.2, 0.25) is 0 Å². The van der Waals surface area contributed by atoms with Gasteiger partial charge >= 0.3 is 0 Å². The average molecular weight is 537 g/mol. The summed E-state index contributed by atoms with van der Waals surface area (Å²) in [5.74, 6) is 0.175. The van der Waals surface area contributed by atoms with Gasteiger partial charge in [-0.15, -0.1) is 0 Å². The van der Waals surface area contributed by atoms with E-state index in [1.807, 2.05) is 68.4 Å². The second-order valence-electron chi connectivity index (χ2n) is 10.3. The number of fused-ring (bicyclic) bond motifs is 1. The van der Waals surface area contributed by atoms with E-state index in [9.17, 15) is 14.4 Å². The lowest BCUT2D eigenvalue weighted by atomic mass is 9.97. The van der Waals surface area contributed by atoms with Crippen LogP contribution in [0.1, 0.15) is 51.2 Å². The van der Waals surface area contributed by atoms with E-state index >= 15 is 0 Å². The van der Waals surface area contributed by atoms with Gasteiger partial charge in [0.15, 0.2) is 0 Å². The van der Waals surface area contributed by atoms with Crippen LogP contribution in [-0.4, -0.2) is 67.5 Å². The molecule has 39 heavy (non-hydrogen) atoms. The Morgan fingerprint density at radius 3 is 2.41 bits per heavy atom. The van der Waals surface area contributed by atoms with Gasteiger partial charge in [-0.05, 0) is 42.4 Å². The van der Waals surface area contributed by atoms with Crippen molar-refractivity contribution in [2.24, 2.45) is 5.92 Å². The van der Waals surface area contributed by atoms with Gasteiger partial charge in [-0.1, -0.05) is 75.7 Å². The summed E-state index contributed by atoms with van der Waals surface area (Å²) in [7, 11) is 1.67. The first-order valence-electron chi connectivity index (χ1n) is 14.2. The highest BCUT2D eigenvalue weighted by Gasteiger charge is 2.34. The van der Waals surface area contributed by atoms with Crippen LogP contribution in [0.25, 0.3) is 0 Å². The quantitative estimate of drug-likeness (QED) is 0.546. The van der Waals surface area contributed by atoms with Crippen LogP contribution in [-0.2, 0) is 27.2 Å². The van der Waals surface area contributed by atoms with Crippen molar-refractivity contribution in [1.82, 2.24) is 20.9 Å². The van der Waals surface area contributed by atoms with Gasteiger partial charge in [0, 0.05) is 26.6 Å². The van der Waals surface area contributed by atoms with Gasteiger partial charge in [0.1, 0.15) is 24.4 Å². The number of carbonyl (C=O) groups is 3. The summed E-state index contributed by atoms with van der Waals surface area (Å²) >= 11 is 0. The standard InChI is InChI=1S/C31H44N4O4/c1-5-22(3)28-31(38)35(4)26(6-2)30(37)34-25(21-23-13-8-7-9-14-23)29(36)33-18-12-16-24-15-10-11-17-27(24)39-20-19-32-28/h7-11,13-15,17,22,25-26,28,32H,5-6,12,16,18-21H2,1-4H3,(H,33,36)(H,34,37)/t22-,25+,26+,28-/m0/s1. The Kier molecular flexibility index (Phi) is 11.8. The van der Waals surface area contributed by atoms with Crippen LogP contribution < -0.4 is 20.7 Å². The van der Waals surface area contributed by atoms with Gasteiger partial charge in [-0.2, -0.15) is 0 Å². The Balaban J connectivity index is 1.88. The van der Waals surface area contributed by atoms with E-state index < -0.39 is 18.1 Å². The summed E-state index contributed by atoms with van der Waals surface area (Å²) in [4.78, 5) is 42.0. The van der Waals surface area contributed by atoms with Gasteiger partial charge in [0.25, 0.3) is 0 Å². The van der Waals surface area contributed by atoms with Gasteiger partial charge < -0.3 is 25.6 Å². The highest BCUT2D eigenvalue weighted by Crippen LogP contribution is 2.20. The molecule has 8 nitrogen and oxygen atoms in total. The number of ether oxygens (including phenoxy) is 1. The summed E-state index contributed by atoms with van der Waals surface area (Å²) < 4.78 is 6.08. The molecule has 0 fully saturated rings. The number of aryl methyl sites for hydroxylation is 1. The Morgan fingerprint density at radius 1 is 0.974 bits per heavy atom. The van der Waals surface area contributed by atoms with Crippen molar-refractivity contribution < 1.29 is 19.1 Å². The number of hydrogen-bond acceptors (Lipinski definition) is 5. The molecule has 3 amide bonds. The number of para-hydroxylation sites is 1. The molecule has 0 bridgehead atoms. The molecule has 1 aliphatic heterocycles. The number of rotatable bonds is 5. The molecular formula is C31H44N4O4. The molecule has 2 aromatic rings. The molecule has 4 atom stereocenters. The van der Waals surface area contributed by atoms with Crippen LogP contribution in [0, 0.1) is 5.92 Å². The van der Waals surface area contributed by atoms with Gasteiger partial charge in [0.2, 0.25) is 17.7 Å². The lowest BCUT2D eigenvalue weighted by Gasteiger charge is -2.33. The van der Waals surface area contributed by atoms with Crippen molar-refractivity contribution in [1.29, 1.82) is 0 Å². The fourth-order valence-electron chi connectivity index (χ4n) is 4.94. The second kappa shape index (κ2) is 15.3. The first kappa shape index (κ1) is 30.2. The minimum atomic E-state index is -0.754. The number of nitrogens with one attached hydrogen (secondary N) is 3. The Labute approximate surface area is 232 Å². The van der Waals surface area contributed by atoms with Crippen LogP contribution >= 0.6 is 0 Å². The normalized spacial score (nSPS) is 22.9. The van der Waals surface area contributed by atoms with E-state index in [-0.39, 0.29) is 23.6 Å². The van der Waals surface area contributed by atoms with Gasteiger partial charge in [0.05, 0.1) is 6.04 Å². The first-order chi connectivity index (χ1) is 18.8. The maximum atomic E-state index is 13.7. The lowest BCUT2D eigenvalue weighted by Crippen LogP contribution is -2.58. The molecule has 0 unspecified atom stereocenters. The van der Waals surface area contributed by atoms with Gasteiger partial charge in [-0.3, -0.25) is 14.4 Å². The predicted octanol–water partition coefficient (Wildman–Crippen LogP) is 3.10. The Hall–Kier alpha value is -3.39. The minimum absolute atomic E-state index is 0.0648. The van der Waals surface area contributed by atoms with E-state index in [4.69, 9.17) is 4.74 Å². The summed E-state index contributed by atoms with van der Waals surface area (Å²) in [6.45, 7) is 7.35. The average Bonchev–Trinajstić information content (AvgIpc) is 2.95. The summed E-state index contributed by atoms with van der Waals surface area (Å²) in [6, 6.07) is 15.6. The number of benzene rings is 2. The minimum Gasteiger partial charge on any atom is -0.492 e. The molecule has 1 aliphatic rings. The lowest BCUT2D eigenvalue weighted by molar-refractivity contribution is -0.142. The largest absolute Gasteiger partial charge is 0.492 e. The van der Waals surface area contributed by atoms with Crippen LogP contribution in [0.4, 0.5) is 0 Å². The van der Waals surface area contributed by atoms with Crippen molar-refractivity contribution in [3.8, 4) is 5.75 Å². The molecule has 0 spiro atoms. The molecule has 0 aliphatic carbocycles. The number of amides is 3. The topological polar surface area (TPSA) is 99.8 Å². The molecule has 212 valence electrons. The van der Waals surface area contributed by atoms with Crippen molar-refractivity contribution in [3.05, 3.63) is 65.7 Å². The van der Waals surface area contributed by atoms with Crippen molar-refractivity contribution >= 4 is 17.7 Å². The van der Waals surface area contributed by atoms with Crippen molar-refractivity contribution in [2.45, 2.75) is 71.0 Å². The first-order valence-corrected chi connectivity index (χ1v) is 14.2. The summed E-state index contributed by atoms with van der Waals surface area (Å²) in [5.41, 5.74) is 2.02. The van der Waals surface area contributed by atoms with Crippen molar-refractivity contribution in [3.63, 3.8) is 0 Å². The fourth-order valence-corrected chi connectivity index (χ4v) is 4.94. The number of carbonyl (C=O) groups excluding carboxylic acids is 3. The third-order valence-corrected chi connectivity index (χ3v) is 7.52. The second-order valence-corrected chi connectivity index (χ2v) is 10.3. The zero-order chi connectivity index (χ0) is 28.2. The highest BCUT2D eigenvalue weighted by atomic mass is 16.5. The van der Waals surface area contributed by atoms with Gasteiger partial charge in [-0.25, -0.2) is 0 Å². The van der Waals surface area contributed by atoms with E-state index in [1.54, 1.807) is 7.05 Å². The molecular weight excluding hydrogens is 492 g/mol. The molecule has 0 saturated carbocycles. The van der Waals surface area contributed by atoms with Crippen LogP contribution in [0.15, 0.2) is 54.6 Å². The molecule has 8 heteroatoms. The van der Waals surface area contributed by atoms with Crippen LogP contribution in [0.5, 0.6) is 5.75 Å². The third kappa shape index (κ3) is 8.55. The smallest absolute Gasteiger partial charge is 0.243 e. The van der Waals surface area contributed by atoms with Crippen LogP contribution in [0.3, 0.4) is 0 Å². The SMILES string of the molecule is CC[C@@H]1C(=O)N[C@H](Cc2ccccc2)C(=O)NCCCc2ccccc2OCCN[C@@H]([C@@H](C)CC)C(=O)N1C.